The van der Waals surface area contributed by atoms with Crippen molar-refractivity contribution in [3.63, 3.8) is 0 Å². The molecule has 1 aliphatic heterocycles. The number of carbonyl (C=O) groups excluding carboxylic acids is 2. The second kappa shape index (κ2) is 8.38. The van der Waals surface area contributed by atoms with Crippen LogP contribution in [0.3, 0.4) is 0 Å². The molecule has 2 aliphatic rings. The molecule has 4 rings (SSSR count). The largest absolute Gasteiger partial charge is 0.491 e. The van der Waals surface area contributed by atoms with Crippen molar-refractivity contribution in [3.05, 3.63) is 74.9 Å². The topological polar surface area (TPSA) is 55.4 Å². The van der Waals surface area contributed by atoms with Gasteiger partial charge in [-0.2, -0.15) is 0 Å². The summed E-state index contributed by atoms with van der Waals surface area (Å²) in [5.41, 5.74) is 4.81. The minimum Gasteiger partial charge on any atom is -0.491 e. The number of ketones is 1. The van der Waals surface area contributed by atoms with E-state index in [9.17, 15) is 9.59 Å². The summed E-state index contributed by atoms with van der Waals surface area (Å²) in [4.78, 5) is 25.7. The number of ether oxygens (including phenoxy) is 1. The van der Waals surface area contributed by atoms with Crippen LogP contribution in [0.1, 0.15) is 61.6 Å². The lowest BCUT2D eigenvalue weighted by molar-refractivity contribution is -0.122. The molecule has 2 aromatic rings. The Morgan fingerprint density at radius 1 is 1.00 bits per heavy atom. The number of halogens is 1. The molecular formula is C25H26BrNO3. The molecule has 2 atom stereocenters. The van der Waals surface area contributed by atoms with Crippen LogP contribution in [0.25, 0.3) is 0 Å². The fraction of sp³-hybridized carbons (Fsp3) is 0.360. The zero-order chi connectivity index (χ0) is 21.4. The molecule has 0 saturated carbocycles. The molecule has 1 aliphatic carbocycles. The number of aryl methyl sites for hydroxylation is 1. The summed E-state index contributed by atoms with van der Waals surface area (Å²) in [6, 6.07) is 14.1. The first-order chi connectivity index (χ1) is 14.3. The lowest BCUT2D eigenvalue weighted by Crippen LogP contribution is -2.38. The Morgan fingerprint density at radius 3 is 2.37 bits per heavy atom. The van der Waals surface area contributed by atoms with Gasteiger partial charge in [0.2, 0.25) is 5.91 Å². The van der Waals surface area contributed by atoms with Gasteiger partial charge in [-0.1, -0.05) is 40.2 Å². The number of benzene rings is 2. The molecule has 0 spiro atoms. The molecule has 0 radical (unpaired) electrons. The third-order valence-electron chi connectivity index (χ3n) is 5.86. The van der Waals surface area contributed by atoms with E-state index in [1.54, 1.807) is 0 Å². The van der Waals surface area contributed by atoms with Gasteiger partial charge in [0, 0.05) is 34.5 Å². The highest BCUT2D eigenvalue weighted by Crippen LogP contribution is 2.43. The highest BCUT2D eigenvalue weighted by atomic mass is 79.9. The maximum Gasteiger partial charge on any atom is 0.225 e. The number of nitrogens with one attached hydrogen (secondary N) is 1. The Kier molecular flexibility index (Phi) is 5.83. The van der Waals surface area contributed by atoms with Crippen LogP contribution in [0, 0.1) is 6.92 Å². The molecule has 0 fully saturated rings. The third-order valence-corrected chi connectivity index (χ3v) is 6.71. The summed E-state index contributed by atoms with van der Waals surface area (Å²) in [6.07, 6.45) is 1.56. The predicted octanol–water partition coefficient (Wildman–Crippen LogP) is 5.55. The average molecular weight is 468 g/mol. The summed E-state index contributed by atoms with van der Waals surface area (Å²) < 4.78 is 6.72. The van der Waals surface area contributed by atoms with E-state index in [-0.39, 0.29) is 29.6 Å². The van der Waals surface area contributed by atoms with Crippen LogP contribution in [0.15, 0.2) is 58.2 Å². The monoisotopic (exact) mass is 467 g/mol. The quantitative estimate of drug-likeness (QED) is 0.640. The van der Waals surface area contributed by atoms with Crippen LogP contribution in [0.5, 0.6) is 5.75 Å². The summed E-state index contributed by atoms with van der Waals surface area (Å²) in [5, 5.41) is 3.00. The Balaban J connectivity index is 1.63. The van der Waals surface area contributed by atoms with E-state index in [4.69, 9.17) is 4.74 Å². The molecule has 2 aromatic carbocycles. The van der Waals surface area contributed by atoms with E-state index < -0.39 is 0 Å². The van der Waals surface area contributed by atoms with Crippen molar-refractivity contribution in [1.29, 1.82) is 0 Å². The fourth-order valence-electron chi connectivity index (χ4n) is 4.40. The number of rotatable bonds is 4. The molecule has 1 heterocycles. The number of hydrogen-bond acceptors (Lipinski definition) is 3. The van der Waals surface area contributed by atoms with E-state index >= 15 is 0 Å². The minimum absolute atomic E-state index is 0.0235. The Hall–Kier alpha value is -2.40. The van der Waals surface area contributed by atoms with Crippen LogP contribution in [0.4, 0.5) is 0 Å². The number of amides is 1. The molecule has 0 bridgehead atoms. The van der Waals surface area contributed by atoms with Gasteiger partial charge in [0.15, 0.2) is 5.78 Å². The van der Waals surface area contributed by atoms with Crippen LogP contribution >= 0.6 is 15.9 Å². The molecule has 5 heteroatoms. The van der Waals surface area contributed by atoms with Gasteiger partial charge in [-0.15, -0.1) is 0 Å². The van der Waals surface area contributed by atoms with Gasteiger partial charge >= 0.3 is 0 Å². The average Bonchev–Trinajstić information content (AvgIpc) is 2.69. The maximum absolute atomic E-state index is 13.2. The Bertz CT molecular complexity index is 1020. The van der Waals surface area contributed by atoms with E-state index in [0.717, 1.165) is 38.2 Å². The van der Waals surface area contributed by atoms with Crippen molar-refractivity contribution in [3.8, 4) is 5.75 Å². The lowest BCUT2D eigenvalue weighted by Gasteiger charge is -2.34. The number of hydrogen-bond donors (Lipinski definition) is 1. The normalized spacial score (nSPS) is 21.5. The van der Waals surface area contributed by atoms with Crippen molar-refractivity contribution < 1.29 is 14.3 Å². The van der Waals surface area contributed by atoms with Gasteiger partial charge in [0.05, 0.1) is 6.10 Å². The van der Waals surface area contributed by atoms with E-state index in [1.165, 1.54) is 0 Å². The first-order valence-corrected chi connectivity index (χ1v) is 11.2. The smallest absolute Gasteiger partial charge is 0.225 e. The Labute approximate surface area is 185 Å². The van der Waals surface area contributed by atoms with E-state index in [2.05, 4.69) is 21.2 Å². The third kappa shape index (κ3) is 4.22. The fourth-order valence-corrected chi connectivity index (χ4v) is 4.79. The zero-order valence-electron chi connectivity index (χ0n) is 17.5. The lowest BCUT2D eigenvalue weighted by atomic mass is 9.73. The zero-order valence-corrected chi connectivity index (χ0v) is 19.1. The van der Waals surface area contributed by atoms with Crippen LogP contribution in [-0.4, -0.2) is 17.8 Å². The first-order valence-electron chi connectivity index (χ1n) is 10.4. The second-order valence-electron chi connectivity index (χ2n) is 8.47. The van der Waals surface area contributed by atoms with Crippen molar-refractivity contribution in [2.24, 2.45) is 0 Å². The molecule has 30 heavy (non-hydrogen) atoms. The maximum atomic E-state index is 13.2. The molecule has 4 nitrogen and oxygen atoms in total. The minimum atomic E-state index is -0.180. The molecule has 2 unspecified atom stereocenters. The molecule has 0 aromatic heterocycles. The van der Waals surface area contributed by atoms with Crippen molar-refractivity contribution in [1.82, 2.24) is 5.32 Å². The van der Waals surface area contributed by atoms with Gasteiger partial charge < -0.3 is 10.1 Å². The predicted molar refractivity (Wildman–Crippen MR) is 121 cm³/mol. The van der Waals surface area contributed by atoms with Crippen LogP contribution in [-0.2, 0) is 9.59 Å². The van der Waals surface area contributed by atoms with Crippen molar-refractivity contribution in [2.45, 2.75) is 58.0 Å². The number of allylic oxidation sites excluding steroid dienone is 2. The van der Waals surface area contributed by atoms with E-state index in [1.807, 2.05) is 63.2 Å². The second-order valence-corrected chi connectivity index (χ2v) is 9.32. The van der Waals surface area contributed by atoms with Crippen LogP contribution < -0.4 is 10.1 Å². The highest BCUT2D eigenvalue weighted by Gasteiger charge is 2.38. The summed E-state index contributed by atoms with van der Waals surface area (Å²) in [6.45, 7) is 6.02. The van der Waals surface area contributed by atoms with Gasteiger partial charge in [0.25, 0.3) is 0 Å². The Morgan fingerprint density at radius 2 is 1.70 bits per heavy atom. The molecule has 156 valence electrons. The molecule has 1 amide bonds. The van der Waals surface area contributed by atoms with Crippen LogP contribution in [0.2, 0.25) is 0 Å². The highest BCUT2D eigenvalue weighted by molar-refractivity contribution is 9.10. The van der Waals surface area contributed by atoms with Gasteiger partial charge in [-0.05, 0) is 68.0 Å². The van der Waals surface area contributed by atoms with Gasteiger partial charge in [-0.25, -0.2) is 0 Å². The molecule has 0 saturated heterocycles. The summed E-state index contributed by atoms with van der Waals surface area (Å²) >= 11 is 3.58. The van der Waals surface area contributed by atoms with Gasteiger partial charge in [0.1, 0.15) is 5.75 Å². The van der Waals surface area contributed by atoms with Crippen molar-refractivity contribution in [2.75, 3.05) is 0 Å². The number of carbonyl (C=O) groups is 2. The molecule has 1 N–H and O–H groups in total. The SMILES string of the molecule is Cc1ccc(C2CC(=O)NC3=C2C(=O)CC(c2ccc(OC(C)C)cc2)C3)cc1Br. The van der Waals surface area contributed by atoms with Crippen molar-refractivity contribution >= 4 is 27.6 Å². The summed E-state index contributed by atoms with van der Waals surface area (Å²) in [5.74, 6) is 0.816. The summed E-state index contributed by atoms with van der Waals surface area (Å²) in [7, 11) is 0. The standard InChI is InChI=1S/C25H26BrNO3/c1-14(2)30-19-8-6-16(7-9-19)18-11-22-25(23(28)12-18)20(13-24(29)27-22)17-5-4-15(3)21(26)10-17/h4-10,14,18,20H,11-13H2,1-3H3,(H,27,29). The van der Waals surface area contributed by atoms with Gasteiger partial charge in [-0.3, -0.25) is 9.59 Å². The number of Topliss-reactive ketones (excluding diaryl/α,β-unsaturated/α-hetero) is 1. The molecular weight excluding hydrogens is 442 g/mol. The first kappa shape index (κ1) is 20.9. The van der Waals surface area contributed by atoms with E-state index in [0.29, 0.717) is 19.3 Å².